The van der Waals surface area contributed by atoms with Crippen LogP contribution in [-0.2, 0) is 0 Å². The van der Waals surface area contributed by atoms with Crippen molar-refractivity contribution in [2.45, 2.75) is 40.0 Å². The minimum Gasteiger partial charge on any atom is -0.494 e. The first kappa shape index (κ1) is 14.7. The molecule has 0 aliphatic rings. The molecule has 0 heterocycles. The van der Waals surface area contributed by atoms with Gasteiger partial charge in [0.2, 0.25) is 0 Å². The number of anilines is 2. The van der Waals surface area contributed by atoms with Gasteiger partial charge in [0.15, 0.2) is 0 Å². The van der Waals surface area contributed by atoms with Gasteiger partial charge in [-0.25, -0.2) is 0 Å². The number of benzene rings is 1. The summed E-state index contributed by atoms with van der Waals surface area (Å²) in [6.07, 6.45) is 3.76. The maximum atomic E-state index is 5.84. The van der Waals surface area contributed by atoms with Crippen LogP contribution in [0.15, 0.2) is 18.2 Å². The molecule has 0 saturated heterocycles. The van der Waals surface area contributed by atoms with E-state index in [1.165, 1.54) is 19.3 Å². The van der Waals surface area contributed by atoms with Crippen molar-refractivity contribution < 1.29 is 4.74 Å². The van der Waals surface area contributed by atoms with Crippen LogP contribution < -0.4 is 15.8 Å². The monoisotopic (exact) mass is 250 g/mol. The molecule has 3 N–H and O–H groups in total. The Morgan fingerprint density at radius 1 is 1.22 bits per heavy atom. The fourth-order valence-corrected chi connectivity index (χ4v) is 1.88. The van der Waals surface area contributed by atoms with Crippen molar-refractivity contribution in [2.24, 2.45) is 5.92 Å². The highest BCUT2D eigenvalue weighted by Crippen LogP contribution is 2.22. The molecule has 1 aromatic rings. The SMILES string of the molecule is CCOc1cc(N)cc(NCCCCC(C)C)c1. The molecular weight excluding hydrogens is 224 g/mol. The van der Waals surface area contributed by atoms with Gasteiger partial charge in [-0.1, -0.05) is 26.7 Å². The third-order valence-electron chi connectivity index (χ3n) is 2.78. The summed E-state index contributed by atoms with van der Waals surface area (Å²) in [7, 11) is 0. The van der Waals surface area contributed by atoms with Gasteiger partial charge in [-0.3, -0.25) is 0 Å². The van der Waals surface area contributed by atoms with Crippen molar-refractivity contribution in [3.8, 4) is 5.75 Å². The third-order valence-corrected chi connectivity index (χ3v) is 2.78. The Hall–Kier alpha value is -1.38. The Labute approximate surface area is 111 Å². The molecule has 0 fully saturated rings. The number of hydrogen-bond acceptors (Lipinski definition) is 3. The summed E-state index contributed by atoms with van der Waals surface area (Å²) in [6.45, 7) is 8.15. The smallest absolute Gasteiger partial charge is 0.123 e. The number of ether oxygens (including phenoxy) is 1. The van der Waals surface area contributed by atoms with Crippen LogP contribution in [0.5, 0.6) is 5.75 Å². The zero-order valence-electron chi connectivity index (χ0n) is 11.8. The highest BCUT2D eigenvalue weighted by molar-refractivity contribution is 5.59. The molecule has 0 unspecified atom stereocenters. The van der Waals surface area contributed by atoms with E-state index in [2.05, 4.69) is 19.2 Å². The van der Waals surface area contributed by atoms with Gasteiger partial charge in [-0.15, -0.1) is 0 Å². The van der Waals surface area contributed by atoms with Gasteiger partial charge in [-0.2, -0.15) is 0 Å². The summed E-state index contributed by atoms with van der Waals surface area (Å²) in [5.41, 5.74) is 7.63. The second-order valence-corrected chi connectivity index (χ2v) is 5.04. The Bertz CT molecular complexity index is 350. The molecule has 0 radical (unpaired) electrons. The fourth-order valence-electron chi connectivity index (χ4n) is 1.88. The van der Waals surface area contributed by atoms with Crippen molar-refractivity contribution in [3.05, 3.63) is 18.2 Å². The molecule has 0 bridgehead atoms. The van der Waals surface area contributed by atoms with Gasteiger partial charge in [-0.05, 0) is 25.3 Å². The van der Waals surface area contributed by atoms with E-state index in [4.69, 9.17) is 10.5 Å². The maximum absolute atomic E-state index is 5.84. The molecule has 18 heavy (non-hydrogen) atoms. The van der Waals surface area contributed by atoms with Gasteiger partial charge in [0.05, 0.1) is 6.61 Å². The lowest BCUT2D eigenvalue weighted by atomic mass is 10.1. The summed E-state index contributed by atoms with van der Waals surface area (Å²) in [5, 5.41) is 3.40. The van der Waals surface area contributed by atoms with Gasteiger partial charge in [0.25, 0.3) is 0 Å². The first-order chi connectivity index (χ1) is 8.61. The van der Waals surface area contributed by atoms with Gasteiger partial charge in [0.1, 0.15) is 5.75 Å². The van der Waals surface area contributed by atoms with Crippen molar-refractivity contribution >= 4 is 11.4 Å². The number of nitrogens with one attached hydrogen (secondary N) is 1. The minimum absolute atomic E-state index is 0.664. The van der Waals surface area contributed by atoms with E-state index in [9.17, 15) is 0 Å². The van der Waals surface area contributed by atoms with E-state index in [0.717, 1.165) is 29.6 Å². The van der Waals surface area contributed by atoms with E-state index in [0.29, 0.717) is 6.61 Å². The molecule has 0 aliphatic carbocycles. The average Bonchev–Trinajstić information content (AvgIpc) is 2.28. The molecule has 1 rings (SSSR count). The van der Waals surface area contributed by atoms with E-state index in [1.54, 1.807) is 0 Å². The summed E-state index contributed by atoms with van der Waals surface area (Å²) in [5.74, 6) is 1.63. The minimum atomic E-state index is 0.664. The first-order valence-corrected chi connectivity index (χ1v) is 6.89. The van der Waals surface area contributed by atoms with Crippen LogP contribution in [-0.4, -0.2) is 13.2 Å². The van der Waals surface area contributed by atoms with Gasteiger partial charge >= 0.3 is 0 Å². The summed E-state index contributed by atoms with van der Waals surface area (Å²) in [4.78, 5) is 0. The lowest BCUT2D eigenvalue weighted by molar-refractivity contribution is 0.340. The fraction of sp³-hybridized carbons (Fsp3) is 0.600. The lowest BCUT2D eigenvalue weighted by Gasteiger charge is -2.11. The third kappa shape index (κ3) is 5.80. The van der Waals surface area contributed by atoms with Crippen molar-refractivity contribution in [2.75, 3.05) is 24.2 Å². The maximum Gasteiger partial charge on any atom is 0.123 e. The van der Waals surface area contributed by atoms with E-state index in [-0.39, 0.29) is 0 Å². The van der Waals surface area contributed by atoms with E-state index >= 15 is 0 Å². The van der Waals surface area contributed by atoms with Crippen molar-refractivity contribution in [1.82, 2.24) is 0 Å². The van der Waals surface area contributed by atoms with Gasteiger partial charge < -0.3 is 15.8 Å². The van der Waals surface area contributed by atoms with Crippen LogP contribution in [0, 0.1) is 5.92 Å². The summed E-state index contributed by atoms with van der Waals surface area (Å²) < 4.78 is 5.47. The molecule has 0 aliphatic heterocycles. The molecular formula is C15H26N2O. The zero-order chi connectivity index (χ0) is 13.4. The summed E-state index contributed by atoms with van der Waals surface area (Å²) in [6, 6.07) is 5.81. The van der Waals surface area contributed by atoms with Crippen LogP contribution in [0.2, 0.25) is 0 Å². The molecule has 0 aromatic heterocycles. The lowest BCUT2D eigenvalue weighted by Crippen LogP contribution is -2.03. The molecule has 0 spiro atoms. The highest BCUT2D eigenvalue weighted by atomic mass is 16.5. The Kier molecular flexibility index (Phi) is 6.40. The Balaban J connectivity index is 2.37. The standard InChI is InChI=1S/C15H26N2O/c1-4-18-15-10-13(16)9-14(11-15)17-8-6-5-7-12(2)3/h9-12,17H,4-8,16H2,1-3H3. The number of hydrogen-bond donors (Lipinski definition) is 2. The molecule has 102 valence electrons. The predicted octanol–water partition coefficient (Wildman–Crippen LogP) is 3.91. The summed E-state index contributed by atoms with van der Waals surface area (Å²) >= 11 is 0. The van der Waals surface area contributed by atoms with Crippen molar-refractivity contribution in [1.29, 1.82) is 0 Å². The molecule has 3 heteroatoms. The van der Waals surface area contributed by atoms with Crippen LogP contribution in [0.3, 0.4) is 0 Å². The normalized spacial score (nSPS) is 10.7. The second-order valence-electron chi connectivity index (χ2n) is 5.04. The van der Waals surface area contributed by atoms with Crippen molar-refractivity contribution in [3.63, 3.8) is 0 Å². The molecule has 0 saturated carbocycles. The average molecular weight is 250 g/mol. The van der Waals surface area contributed by atoms with Crippen LogP contribution in [0.1, 0.15) is 40.0 Å². The van der Waals surface area contributed by atoms with Crippen LogP contribution in [0.4, 0.5) is 11.4 Å². The quantitative estimate of drug-likeness (QED) is 0.543. The molecule has 0 atom stereocenters. The molecule has 3 nitrogen and oxygen atoms in total. The zero-order valence-corrected chi connectivity index (χ0v) is 11.8. The Morgan fingerprint density at radius 2 is 2.00 bits per heavy atom. The predicted molar refractivity (Wildman–Crippen MR) is 79.2 cm³/mol. The topological polar surface area (TPSA) is 47.3 Å². The molecule has 1 aromatic carbocycles. The van der Waals surface area contributed by atoms with Crippen LogP contribution in [0.25, 0.3) is 0 Å². The number of rotatable bonds is 8. The number of unbranched alkanes of at least 4 members (excludes halogenated alkanes) is 1. The first-order valence-electron chi connectivity index (χ1n) is 6.89. The number of nitrogen functional groups attached to an aromatic ring is 1. The van der Waals surface area contributed by atoms with E-state index in [1.807, 2.05) is 25.1 Å². The number of nitrogens with two attached hydrogens (primary N) is 1. The highest BCUT2D eigenvalue weighted by Gasteiger charge is 2.00. The van der Waals surface area contributed by atoms with Gasteiger partial charge in [0, 0.05) is 30.1 Å². The van der Waals surface area contributed by atoms with Crippen LogP contribution >= 0.6 is 0 Å². The van der Waals surface area contributed by atoms with E-state index < -0.39 is 0 Å². The molecule has 0 amide bonds. The second kappa shape index (κ2) is 7.85. The largest absolute Gasteiger partial charge is 0.494 e. The Morgan fingerprint density at radius 3 is 2.67 bits per heavy atom.